The Labute approximate surface area is 133 Å². The Balaban J connectivity index is 2.98. The third kappa shape index (κ3) is 19.3. The summed E-state index contributed by atoms with van der Waals surface area (Å²) in [5.74, 6) is 0. The van der Waals surface area contributed by atoms with E-state index in [9.17, 15) is 0 Å². The molecule has 0 N–H and O–H groups in total. The summed E-state index contributed by atoms with van der Waals surface area (Å²) in [7, 11) is 0. The van der Waals surface area contributed by atoms with E-state index < -0.39 is 0 Å². The fourth-order valence-electron chi connectivity index (χ4n) is 2.64. The van der Waals surface area contributed by atoms with Gasteiger partial charge >= 0.3 is 0 Å². The maximum Gasteiger partial charge on any atom is 0.0861 e. The Morgan fingerprint density at radius 1 is 0.667 bits per heavy atom. The summed E-state index contributed by atoms with van der Waals surface area (Å²) in [6.07, 6.45) is 26.3. The molecule has 0 atom stereocenters. The van der Waals surface area contributed by atoms with Gasteiger partial charge in [0.15, 0.2) is 0 Å². The summed E-state index contributed by atoms with van der Waals surface area (Å²) in [6, 6.07) is 0. The van der Waals surface area contributed by atoms with E-state index >= 15 is 0 Å². The predicted molar refractivity (Wildman–Crippen MR) is 95.4 cm³/mol. The Morgan fingerprint density at radius 2 is 1.10 bits per heavy atom. The van der Waals surface area contributed by atoms with Gasteiger partial charge in [0, 0.05) is 0 Å². The van der Waals surface area contributed by atoms with Gasteiger partial charge < -0.3 is 4.74 Å². The van der Waals surface area contributed by atoms with Crippen molar-refractivity contribution in [2.24, 2.45) is 0 Å². The molecule has 0 unspecified atom stereocenters. The zero-order chi connectivity index (χ0) is 15.4. The lowest BCUT2D eigenvalue weighted by Crippen LogP contribution is -1.83. The molecule has 0 spiro atoms. The molecule has 0 aliphatic carbocycles. The van der Waals surface area contributed by atoms with Gasteiger partial charge in [0.25, 0.3) is 0 Å². The third-order valence-corrected chi connectivity index (χ3v) is 4.00. The van der Waals surface area contributed by atoms with Gasteiger partial charge in [0.1, 0.15) is 0 Å². The van der Waals surface area contributed by atoms with Crippen LogP contribution in [0.1, 0.15) is 103 Å². The molecule has 21 heavy (non-hydrogen) atoms. The van der Waals surface area contributed by atoms with Crippen molar-refractivity contribution in [3.63, 3.8) is 0 Å². The van der Waals surface area contributed by atoms with Crippen LogP contribution in [-0.4, -0.2) is 0 Å². The van der Waals surface area contributed by atoms with E-state index in [1.54, 1.807) is 6.26 Å². The molecule has 0 heterocycles. The van der Waals surface area contributed by atoms with Crippen LogP contribution in [0.15, 0.2) is 25.2 Å². The van der Waals surface area contributed by atoms with E-state index in [1.807, 2.05) is 0 Å². The highest BCUT2D eigenvalue weighted by Gasteiger charge is 1.93. The first-order valence-corrected chi connectivity index (χ1v) is 9.33. The lowest BCUT2D eigenvalue weighted by molar-refractivity contribution is 0.402. The highest BCUT2D eigenvalue weighted by atomic mass is 16.5. The minimum Gasteiger partial charge on any atom is -0.474 e. The largest absolute Gasteiger partial charge is 0.474 e. The molecular formula is C20H38O. The smallest absolute Gasteiger partial charge is 0.0861 e. The zero-order valence-electron chi connectivity index (χ0n) is 14.5. The molecule has 0 saturated heterocycles. The standard InChI is InChI=1S/C20H38O/c1-3-5-6-7-8-9-10-11-12-13-14-15-16-17-18-19-20-21-4-2/h4,19-20H,2-3,5-18H2,1H3. The molecule has 0 saturated carbocycles. The molecule has 0 bridgehead atoms. The lowest BCUT2D eigenvalue weighted by atomic mass is 10.0. The summed E-state index contributed by atoms with van der Waals surface area (Å²) in [4.78, 5) is 0. The number of hydrogen-bond acceptors (Lipinski definition) is 1. The summed E-state index contributed by atoms with van der Waals surface area (Å²) >= 11 is 0. The van der Waals surface area contributed by atoms with Crippen LogP contribution in [-0.2, 0) is 4.74 Å². The van der Waals surface area contributed by atoms with Crippen LogP contribution < -0.4 is 0 Å². The molecule has 0 aliphatic rings. The lowest BCUT2D eigenvalue weighted by Gasteiger charge is -2.02. The topological polar surface area (TPSA) is 9.23 Å². The van der Waals surface area contributed by atoms with Gasteiger partial charge in [-0.2, -0.15) is 0 Å². The van der Waals surface area contributed by atoms with Gasteiger partial charge in [-0.15, -0.1) is 0 Å². The van der Waals surface area contributed by atoms with Crippen molar-refractivity contribution in [1.82, 2.24) is 0 Å². The van der Waals surface area contributed by atoms with Gasteiger partial charge in [0.05, 0.1) is 12.5 Å². The van der Waals surface area contributed by atoms with Gasteiger partial charge in [-0.3, -0.25) is 0 Å². The van der Waals surface area contributed by atoms with E-state index in [0.717, 1.165) is 6.42 Å². The molecule has 0 aromatic carbocycles. The molecular weight excluding hydrogens is 256 g/mol. The third-order valence-electron chi connectivity index (χ3n) is 4.00. The van der Waals surface area contributed by atoms with Crippen LogP contribution in [0.3, 0.4) is 0 Å². The second-order valence-corrected chi connectivity index (χ2v) is 6.06. The van der Waals surface area contributed by atoms with Gasteiger partial charge in [0.2, 0.25) is 0 Å². The van der Waals surface area contributed by atoms with Crippen LogP contribution in [0.25, 0.3) is 0 Å². The number of unbranched alkanes of at least 4 members (excludes halogenated alkanes) is 14. The van der Waals surface area contributed by atoms with E-state index in [-0.39, 0.29) is 0 Å². The first-order valence-electron chi connectivity index (χ1n) is 9.33. The second kappa shape index (κ2) is 19.3. The monoisotopic (exact) mass is 294 g/mol. The molecule has 0 aliphatic heterocycles. The van der Waals surface area contributed by atoms with E-state index in [0.29, 0.717) is 0 Å². The molecule has 0 aromatic heterocycles. The van der Waals surface area contributed by atoms with E-state index in [2.05, 4.69) is 19.6 Å². The Hall–Kier alpha value is -0.720. The number of ether oxygens (including phenoxy) is 1. The van der Waals surface area contributed by atoms with Crippen molar-refractivity contribution in [1.29, 1.82) is 0 Å². The van der Waals surface area contributed by atoms with Crippen molar-refractivity contribution in [3.8, 4) is 0 Å². The molecule has 124 valence electrons. The van der Waals surface area contributed by atoms with Gasteiger partial charge in [-0.1, -0.05) is 97.0 Å². The quantitative estimate of drug-likeness (QED) is 0.199. The van der Waals surface area contributed by atoms with Crippen molar-refractivity contribution in [2.75, 3.05) is 0 Å². The van der Waals surface area contributed by atoms with E-state index in [1.165, 1.54) is 96.2 Å². The zero-order valence-corrected chi connectivity index (χ0v) is 14.5. The molecule has 0 aromatic rings. The van der Waals surface area contributed by atoms with Gasteiger partial charge in [-0.05, 0) is 18.9 Å². The Morgan fingerprint density at radius 3 is 1.52 bits per heavy atom. The SMILES string of the molecule is C=COC=CCCCCCCCCCCCCCCCC. The normalized spacial score (nSPS) is 11.1. The highest BCUT2D eigenvalue weighted by Crippen LogP contribution is 2.13. The summed E-state index contributed by atoms with van der Waals surface area (Å²) in [5, 5.41) is 0. The van der Waals surface area contributed by atoms with Crippen molar-refractivity contribution < 1.29 is 4.74 Å². The first-order chi connectivity index (χ1) is 10.4. The van der Waals surface area contributed by atoms with Crippen molar-refractivity contribution in [2.45, 2.75) is 103 Å². The van der Waals surface area contributed by atoms with Crippen LogP contribution in [0.4, 0.5) is 0 Å². The molecule has 0 amide bonds. The van der Waals surface area contributed by atoms with Gasteiger partial charge in [-0.25, -0.2) is 0 Å². The summed E-state index contributed by atoms with van der Waals surface area (Å²) in [5.41, 5.74) is 0. The molecule has 0 rings (SSSR count). The van der Waals surface area contributed by atoms with E-state index in [4.69, 9.17) is 4.74 Å². The number of hydrogen-bond donors (Lipinski definition) is 0. The highest BCUT2D eigenvalue weighted by molar-refractivity contribution is 4.75. The number of allylic oxidation sites excluding steroid dienone is 1. The fraction of sp³-hybridized carbons (Fsp3) is 0.800. The van der Waals surface area contributed by atoms with Crippen LogP contribution in [0.2, 0.25) is 0 Å². The molecule has 0 radical (unpaired) electrons. The van der Waals surface area contributed by atoms with Crippen LogP contribution in [0, 0.1) is 0 Å². The average molecular weight is 295 g/mol. The first kappa shape index (κ1) is 20.3. The Bertz CT molecular complexity index is 220. The van der Waals surface area contributed by atoms with Crippen molar-refractivity contribution in [3.05, 3.63) is 25.2 Å². The minimum atomic E-state index is 1.13. The maximum atomic E-state index is 4.94. The fourth-order valence-corrected chi connectivity index (χ4v) is 2.64. The maximum absolute atomic E-state index is 4.94. The number of rotatable bonds is 17. The average Bonchev–Trinajstić information content (AvgIpc) is 2.50. The predicted octanol–water partition coefficient (Wildman–Crippen LogP) is 7.53. The van der Waals surface area contributed by atoms with Crippen LogP contribution >= 0.6 is 0 Å². The summed E-state index contributed by atoms with van der Waals surface area (Å²) < 4.78 is 4.94. The molecule has 1 nitrogen and oxygen atoms in total. The van der Waals surface area contributed by atoms with Crippen LogP contribution in [0.5, 0.6) is 0 Å². The second-order valence-electron chi connectivity index (χ2n) is 6.06. The summed E-state index contributed by atoms with van der Waals surface area (Å²) in [6.45, 7) is 5.78. The minimum absolute atomic E-state index is 1.13. The van der Waals surface area contributed by atoms with Crippen molar-refractivity contribution >= 4 is 0 Å². The Kier molecular flexibility index (Phi) is 18.6. The molecule has 1 heteroatoms. The molecule has 0 fully saturated rings.